The lowest BCUT2D eigenvalue weighted by molar-refractivity contribution is 0.0567. The van der Waals surface area contributed by atoms with E-state index in [1.54, 1.807) is 4.68 Å². The zero-order chi connectivity index (χ0) is 13.3. The highest BCUT2D eigenvalue weighted by Gasteiger charge is 2.30. The molecule has 1 saturated heterocycles. The third-order valence-electron chi connectivity index (χ3n) is 3.84. The molecule has 6 heteroatoms. The number of carbonyl (C=O) groups is 1. The van der Waals surface area contributed by atoms with Crippen LogP contribution in [-0.2, 0) is 7.05 Å². The Labute approximate surface area is 120 Å². The fraction of sp³-hybridized carbons (Fsp3) is 0.692. The van der Waals surface area contributed by atoms with Crippen molar-refractivity contribution in [3.63, 3.8) is 0 Å². The molecule has 19 heavy (non-hydrogen) atoms. The fourth-order valence-corrected chi connectivity index (χ4v) is 2.55. The van der Waals surface area contributed by atoms with Crippen LogP contribution in [0, 0.1) is 12.8 Å². The number of aryl methyl sites for hydroxylation is 2. The summed E-state index contributed by atoms with van der Waals surface area (Å²) in [6.07, 6.45) is 2.04. The van der Waals surface area contributed by atoms with Gasteiger partial charge in [0.2, 0.25) is 0 Å². The van der Waals surface area contributed by atoms with Crippen LogP contribution >= 0.6 is 12.4 Å². The lowest BCUT2D eigenvalue weighted by Crippen LogP contribution is -2.49. The summed E-state index contributed by atoms with van der Waals surface area (Å²) in [5.74, 6) is 0.661. The van der Waals surface area contributed by atoms with E-state index in [9.17, 15) is 4.79 Å². The van der Waals surface area contributed by atoms with Crippen molar-refractivity contribution in [2.75, 3.05) is 13.1 Å². The van der Waals surface area contributed by atoms with E-state index in [0.717, 1.165) is 25.1 Å². The van der Waals surface area contributed by atoms with E-state index in [0.29, 0.717) is 18.2 Å². The molecule has 2 heterocycles. The minimum absolute atomic E-state index is 0. The summed E-state index contributed by atoms with van der Waals surface area (Å²) < 4.78 is 1.73. The molecule has 1 aromatic heterocycles. The fourth-order valence-electron chi connectivity index (χ4n) is 2.55. The maximum absolute atomic E-state index is 12.4. The van der Waals surface area contributed by atoms with Gasteiger partial charge < -0.3 is 10.6 Å². The summed E-state index contributed by atoms with van der Waals surface area (Å²) in [6, 6.07) is 2.00. The van der Waals surface area contributed by atoms with Crippen molar-refractivity contribution in [2.24, 2.45) is 18.7 Å². The molecule has 1 aliphatic rings. The summed E-state index contributed by atoms with van der Waals surface area (Å²) in [7, 11) is 1.85. The predicted octanol–water partition coefficient (Wildman–Crippen LogP) is 1.35. The normalized spacial score (nSPS) is 23.1. The first kappa shape index (κ1) is 16.0. The highest BCUT2D eigenvalue weighted by molar-refractivity contribution is 5.92. The van der Waals surface area contributed by atoms with Gasteiger partial charge in [-0.25, -0.2) is 0 Å². The van der Waals surface area contributed by atoms with Crippen molar-refractivity contribution >= 4 is 18.3 Å². The van der Waals surface area contributed by atoms with Gasteiger partial charge in [-0.2, -0.15) is 5.10 Å². The van der Waals surface area contributed by atoms with E-state index in [-0.39, 0.29) is 24.4 Å². The van der Waals surface area contributed by atoms with Gasteiger partial charge in [-0.05, 0) is 31.7 Å². The lowest BCUT2D eigenvalue weighted by atomic mass is 9.92. The molecule has 108 valence electrons. The van der Waals surface area contributed by atoms with Crippen molar-refractivity contribution in [3.05, 3.63) is 17.5 Å². The van der Waals surface area contributed by atoms with Crippen molar-refractivity contribution in [1.29, 1.82) is 0 Å². The number of piperidine rings is 1. The van der Waals surface area contributed by atoms with Gasteiger partial charge in [0.25, 0.3) is 5.91 Å². The Kier molecular flexibility index (Phi) is 5.38. The number of halogens is 1. The third-order valence-corrected chi connectivity index (χ3v) is 3.84. The standard InChI is InChI=1S/C13H22N4O.ClH/c1-9-4-5-17(11(6-9)8-14)13(18)12-7-10(2)16(3)15-12;/h7,9,11H,4-6,8,14H2,1-3H3;1H. The molecule has 2 atom stereocenters. The molecule has 0 aliphatic carbocycles. The van der Waals surface area contributed by atoms with Gasteiger partial charge >= 0.3 is 0 Å². The Balaban J connectivity index is 0.00000180. The van der Waals surface area contributed by atoms with Crippen LogP contribution in [0.1, 0.15) is 35.9 Å². The molecular formula is C13H23ClN4O. The van der Waals surface area contributed by atoms with E-state index in [1.807, 2.05) is 24.9 Å². The molecule has 2 rings (SSSR count). The van der Waals surface area contributed by atoms with Crippen LogP contribution in [0.4, 0.5) is 0 Å². The second-order valence-electron chi connectivity index (χ2n) is 5.31. The van der Waals surface area contributed by atoms with E-state index in [2.05, 4.69) is 12.0 Å². The second-order valence-corrected chi connectivity index (χ2v) is 5.31. The van der Waals surface area contributed by atoms with Gasteiger partial charge in [0.15, 0.2) is 5.69 Å². The Morgan fingerprint density at radius 3 is 2.79 bits per heavy atom. The number of amides is 1. The largest absolute Gasteiger partial charge is 0.333 e. The maximum atomic E-state index is 12.4. The summed E-state index contributed by atoms with van der Waals surface area (Å²) in [4.78, 5) is 14.3. The first-order valence-electron chi connectivity index (χ1n) is 6.54. The van der Waals surface area contributed by atoms with Crippen molar-refractivity contribution in [1.82, 2.24) is 14.7 Å². The number of carbonyl (C=O) groups excluding carboxylic acids is 1. The molecule has 2 unspecified atom stereocenters. The first-order valence-corrected chi connectivity index (χ1v) is 6.54. The molecule has 5 nitrogen and oxygen atoms in total. The average molecular weight is 287 g/mol. The summed E-state index contributed by atoms with van der Waals surface area (Å²) in [5.41, 5.74) is 7.31. The highest BCUT2D eigenvalue weighted by atomic mass is 35.5. The minimum Gasteiger partial charge on any atom is -0.333 e. The summed E-state index contributed by atoms with van der Waals surface area (Å²) >= 11 is 0. The number of hydrogen-bond donors (Lipinski definition) is 1. The summed E-state index contributed by atoms with van der Waals surface area (Å²) in [6.45, 7) is 5.48. The van der Waals surface area contributed by atoms with Crippen LogP contribution in [0.2, 0.25) is 0 Å². The van der Waals surface area contributed by atoms with Gasteiger partial charge in [0.05, 0.1) is 0 Å². The molecule has 0 radical (unpaired) electrons. The summed E-state index contributed by atoms with van der Waals surface area (Å²) in [5, 5.41) is 4.26. The average Bonchev–Trinajstić information content (AvgIpc) is 2.68. The second kappa shape index (κ2) is 6.39. The minimum atomic E-state index is 0. The van der Waals surface area contributed by atoms with E-state index >= 15 is 0 Å². The van der Waals surface area contributed by atoms with E-state index in [1.165, 1.54) is 0 Å². The monoisotopic (exact) mass is 286 g/mol. The van der Waals surface area contributed by atoms with Gasteiger partial charge in [0.1, 0.15) is 0 Å². The van der Waals surface area contributed by atoms with Crippen LogP contribution in [0.3, 0.4) is 0 Å². The quantitative estimate of drug-likeness (QED) is 0.892. The molecule has 1 aliphatic heterocycles. The van der Waals surface area contributed by atoms with E-state index in [4.69, 9.17) is 5.73 Å². The van der Waals surface area contributed by atoms with Crippen LogP contribution in [0.5, 0.6) is 0 Å². The van der Waals surface area contributed by atoms with E-state index < -0.39 is 0 Å². The molecule has 1 aromatic rings. The molecule has 0 bridgehead atoms. The highest BCUT2D eigenvalue weighted by Crippen LogP contribution is 2.23. The Morgan fingerprint density at radius 2 is 2.26 bits per heavy atom. The molecule has 0 saturated carbocycles. The van der Waals surface area contributed by atoms with Crippen LogP contribution < -0.4 is 5.73 Å². The van der Waals surface area contributed by atoms with Crippen LogP contribution in [0.15, 0.2) is 6.07 Å². The SMILES string of the molecule is Cc1cc(C(=O)N2CCC(C)CC2CN)nn1C.Cl. The smallest absolute Gasteiger partial charge is 0.274 e. The van der Waals surface area contributed by atoms with Gasteiger partial charge in [-0.3, -0.25) is 9.48 Å². The van der Waals surface area contributed by atoms with Crippen molar-refractivity contribution < 1.29 is 4.79 Å². The predicted molar refractivity (Wildman–Crippen MR) is 77.5 cm³/mol. The zero-order valence-corrected chi connectivity index (χ0v) is 12.6. The first-order chi connectivity index (χ1) is 8.52. The number of nitrogens with two attached hydrogens (primary N) is 1. The van der Waals surface area contributed by atoms with Gasteiger partial charge in [0, 0.05) is 31.9 Å². The Morgan fingerprint density at radius 1 is 1.58 bits per heavy atom. The topological polar surface area (TPSA) is 64.2 Å². The van der Waals surface area contributed by atoms with Crippen molar-refractivity contribution in [2.45, 2.75) is 32.7 Å². The number of nitrogens with zero attached hydrogens (tertiary/aromatic N) is 3. The molecule has 1 fully saturated rings. The lowest BCUT2D eigenvalue weighted by Gasteiger charge is -2.37. The van der Waals surface area contributed by atoms with Crippen LogP contribution in [-0.4, -0.2) is 39.7 Å². The third kappa shape index (κ3) is 3.28. The molecular weight excluding hydrogens is 264 g/mol. The Hall–Kier alpha value is -1.07. The number of likely N-dealkylation sites (tertiary alicyclic amines) is 1. The molecule has 1 amide bonds. The molecule has 2 N–H and O–H groups in total. The maximum Gasteiger partial charge on any atom is 0.274 e. The number of rotatable bonds is 2. The molecule has 0 spiro atoms. The Bertz CT molecular complexity index is 426. The number of aromatic nitrogens is 2. The van der Waals surface area contributed by atoms with Crippen molar-refractivity contribution in [3.8, 4) is 0 Å². The van der Waals surface area contributed by atoms with Gasteiger partial charge in [-0.1, -0.05) is 6.92 Å². The van der Waals surface area contributed by atoms with Crippen LogP contribution in [0.25, 0.3) is 0 Å². The number of hydrogen-bond acceptors (Lipinski definition) is 3. The van der Waals surface area contributed by atoms with Gasteiger partial charge in [-0.15, -0.1) is 12.4 Å². The zero-order valence-electron chi connectivity index (χ0n) is 11.8. The molecule has 0 aromatic carbocycles.